The van der Waals surface area contributed by atoms with Crippen LogP contribution in [-0.2, 0) is 6.54 Å². The monoisotopic (exact) mass is 337 g/mol. The van der Waals surface area contributed by atoms with Crippen molar-refractivity contribution in [3.05, 3.63) is 59.9 Å². The third-order valence-corrected chi connectivity index (χ3v) is 5.00. The van der Waals surface area contributed by atoms with E-state index < -0.39 is 0 Å². The van der Waals surface area contributed by atoms with Crippen molar-refractivity contribution in [3.8, 4) is 0 Å². The molecule has 3 rings (SSSR count). The number of carbonyl (C=O) groups excluding carboxylic acids is 1. The van der Waals surface area contributed by atoms with Gasteiger partial charge in [0.25, 0.3) is 5.91 Å². The van der Waals surface area contributed by atoms with Gasteiger partial charge < -0.3 is 9.80 Å². The first kappa shape index (κ1) is 17.5. The number of benzene rings is 1. The van der Waals surface area contributed by atoms with Crippen LogP contribution < -0.4 is 4.90 Å². The van der Waals surface area contributed by atoms with Gasteiger partial charge in [0, 0.05) is 38.1 Å². The molecule has 0 saturated carbocycles. The minimum Gasteiger partial charge on any atom is -0.367 e. The predicted octanol–water partition coefficient (Wildman–Crippen LogP) is 3.98. The molecule has 4 nitrogen and oxygen atoms in total. The van der Waals surface area contributed by atoms with Gasteiger partial charge in [-0.1, -0.05) is 37.3 Å². The number of hydrogen-bond donors (Lipinski definition) is 0. The number of aromatic nitrogens is 1. The smallest absolute Gasteiger partial charge is 0.272 e. The third kappa shape index (κ3) is 4.38. The molecule has 2 aromatic rings. The van der Waals surface area contributed by atoms with Crippen molar-refractivity contribution in [1.29, 1.82) is 0 Å². The Morgan fingerprint density at radius 2 is 1.92 bits per heavy atom. The zero-order valence-electron chi connectivity index (χ0n) is 15.2. The van der Waals surface area contributed by atoms with Crippen molar-refractivity contribution in [2.24, 2.45) is 5.92 Å². The lowest BCUT2D eigenvalue weighted by Crippen LogP contribution is -2.38. The first-order valence-electron chi connectivity index (χ1n) is 9.21. The van der Waals surface area contributed by atoms with E-state index in [0.29, 0.717) is 11.6 Å². The van der Waals surface area contributed by atoms with E-state index in [1.165, 1.54) is 5.56 Å². The number of anilines is 1. The van der Waals surface area contributed by atoms with E-state index >= 15 is 0 Å². The second kappa shape index (κ2) is 8.15. The molecule has 132 valence electrons. The zero-order valence-corrected chi connectivity index (χ0v) is 15.2. The second-order valence-corrected chi connectivity index (χ2v) is 6.87. The zero-order chi connectivity index (χ0) is 17.6. The summed E-state index contributed by atoms with van der Waals surface area (Å²) in [5.41, 5.74) is 2.87. The quantitative estimate of drug-likeness (QED) is 0.828. The molecule has 4 heteroatoms. The van der Waals surface area contributed by atoms with Gasteiger partial charge in [0.15, 0.2) is 0 Å². The van der Waals surface area contributed by atoms with Crippen molar-refractivity contribution < 1.29 is 4.79 Å². The second-order valence-electron chi connectivity index (χ2n) is 6.87. The molecule has 0 aliphatic carbocycles. The summed E-state index contributed by atoms with van der Waals surface area (Å²) in [6, 6.07) is 14.3. The number of amides is 1. The van der Waals surface area contributed by atoms with Crippen LogP contribution in [0.5, 0.6) is 0 Å². The Kier molecular flexibility index (Phi) is 5.69. The Bertz CT molecular complexity index is 693. The van der Waals surface area contributed by atoms with Gasteiger partial charge in [-0.2, -0.15) is 0 Å². The van der Waals surface area contributed by atoms with Crippen molar-refractivity contribution >= 4 is 11.6 Å². The number of pyridine rings is 1. The normalized spacial score (nSPS) is 15.2. The lowest BCUT2D eigenvalue weighted by atomic mass is 9.99. The van der Waals surface area contributed by atoms with Gasteiger partial charge in [-0.3, -0.25) is 9.78 Å². The van der Waals surface area contributed by atoms with Crippen molar-refractivity contribution in [1.82, 2.24) is 9.88 Å². The highest BCUT2D eigenvalue weighted by Gasteiger charge is 2.22. The SMILES string of the molecule is CCN(Cc1ccccc1)c1ccnc(C(=O)N2CCC(C)CC2)c1. The van der Waals surface area contributed by atoms with Gasteiger partial charge in [0.2, 0.25) is 0 Å². The third-order valence-electron chi connectivity index (χ3n) is 5.00. The number of nitrogens with zero attached hydrogens (tertiary/aromatic N) is 3. The summed E-state index contributed by atoms with van der Waals surface area (Å²) < 4.78 is 0. The molecule has 0 unspecified atom stereocenters. The lowest BCUT2D eigenvalue weighted by Gasteiger charge is -2.30. The molecule has 1 aliphatic rings. The molecule has 0 atom stereocenters. The maximum atomic E-state index is 12.8. The molecule has 0 radical (unpaired) electrons. The van der Waals surface area contributed by atoms with Crippen LogP contribution in [0.3, 0.4) is 0 Å². The molecule has 1 amide bonds. The van der Waals surface area contributed by atoms with E-state index in [4.69, 9.17) is 0 Å². The predicted molar refractivity (Wildman–Crippen MR) is 102 cm³/mol. The Hall–Kier alpha value is -2.36. The average molecular weight is 337 g/mol. The van der Waals surface area contributed by atoms with Gasteiger partial charge in [-0.15, -0.1) is 0 Å². The van der Waals surface area contributed by atoms with Crippen LogP contribution in [0.2, 0.25) is 0 Å². The van der Waals surface area contributed by atoms with Crippen LogP contribution in [0, 0.1) is 5.92 Å². The van der Waals surface area contributed by atoms with E-state index in [0.717, 1.165) is 44.7 Å². The van der Waals surface area contributed by atoms with E-state index in [9.17, 15) is 4.79 Å². The minimum atomic E-state index is 0.0597. The maximum absolute atomic E-state index is 12.8. The fraction of sp³-hybridized carbons (Fsp3) is 0.429. The number of piperidine rings is 1. The average Bonchev–Trinajstić information content (AvgIpc) is 2.67. The van der Waals surface area contributed by atoms with Crippen molar-refractivity contribution in [3.63, 3.8) is 0 Å². The Labute approximate surface area is 150 Å². The molecule has 0 N–H and O–H groups in total. The first-order valence-corrected chi connectivity index (χ1v) is 9.21. The Morgan fingerprint density at radius 1 is 1.20 bits per heavy atom. The van der Waals surface area contributed by atoms with Crippen molar-refractivity contribution in [2.45, 2.75) is 33.2 Å². The maximum Gasteiger partial charge on any atom is 0.272 e. The van der Waals surface area contributed by atoms with Gasteiger partial charge >= 0.3 is 0 Å². The van der Waals surface area contributed by atoms with Crippen LogP contribution in [-0.4, -0.2) is 35.4 Å². The molecule has 0 bridgehead atoms. The number of rotatable bonds is 5. The summed E-state index contributed by atoms with van der Waals surface area (Å²) in [6.45, 7) is 7.78. The minimum absolute atomic E-state index is 0.0597. The van der Waals surface area contributed by atoms with Crippen LogP contribution in [0.1, 0.15) is 42.7 Å². The Balaban J connectivity index is 1.74. The number of hydrogen-bond acceptors (Lipinski definition) is 3. The van der Waals surface area contributed by atoms with Crippen LogP contribution in [0.15, 0.2) is 48.7 Å². The molecule has 25 heavy (non-hydrogen) atoms. The summed E-state index contributed by atoms with van der Waals surface area (Å²) in [5.74, 6) is 0.773. The highest BCUT2D eigenvalue weighted by Crippen LogP contribution is 2.21. The topological polar surface area (TPSA) is 36.4 Å². The molecule has 0 spiro atoms. The van der Waals surface area contributed by atoms with Crippen LogP contribution in [0.4, 0.5) is 5.69 Å². The standard InChI is InChI=1S/C21H27N3O/c1-3-23(16-18-7-5-4-6-8-18)19-9-12-22-20(15-19)21(25)24-13-10-17(2)11-14-24/h4-9,12,15,17H,3,10-11,13-14,16H2,1-2H3. The van der Waals surface area contributed by atoms with Crippen molar-refractivity contribution in [2.75, 3.05) is 24.5 Å². The first-order chi connectivity index (χ1) is 12.2. The number of likely N-dealkylation sites (tertiary alicyclic amines) is 1. The summed E-state index contributed by atoms with van der Waals surface area (Å²) in [6.07, 6.45) is 3.92. The molecule has 1 aromatic heterocycles. The van der Waals surface area contributed by atoms with Gasteiger partial charge in [0.1, 0.15) is 5.69 Å². The molecule has 1 aliphatic heterocycles. The molecular formula is C21H27N3O. The summed E-state index contributed by atoms with van der Waals surface area (Å²) in [4.78, 5) is 21.3. The van der Waals surface area contributed by atoms with Gasteiger partial charge in [-0.25, -0.2) is 0 Å². The highest BCUT2D eigenvalue weighted by molar-refractivity contribution is 5.93. The van der Waals surface area contributed by atoms with Crippen LogP contribution in [0.25, 0.3) is 0 Å². The fourth-order valence-corrected chi connectivity index (χ4v) is 3.30. The molecule has 1 fully saturated rings. The molecule has 1 aromatic carbocycles. The summed E-state index contributed by atoms with van der Waals surface area (Å²) >= 11 is 0. The Morgan fingerprint density at radius 3 is 2.60 bits per heavy atom. The largest absolute Gasteiger partial charge is 0.367 e. The molecule has 1 saturated heterocycles. The van der Waals surface area contributed by atoms with Gasteiger partial charge in [0.05, 0.1) is 0 Å². The van der Waals surface area contributed by atoms with Gasteiger partial charge in [-0.05, 0) is 43.4 Å². The highest BCUT2D eigenvalue weighted by atomic mass is 16.2. The lowest BCUT2D eigenvalue weighted by molar-refractivity contribution is 0.0691. The summed E-state index contributed by atoms with van der Waals surface area (Å²) in [5, 5.41) is 0. The van der Waals surface area contributed by atoms with E-state index in [1.54, 1.807) is 6.20 Å². The van der Waals surface area contributed by atoms with E-state index in [1.807, 2.05) is 23.1 Å². The number of carbonyl (C=O) groups is 1. The van der Waals surface area contributed by atoms with E-state index in [2.05, 4.69) is 48.0 Å². The fourth-order valence-electron chi connectivity index (χ4n) is 3.30. The molecular weight excluding hydrogens is 310 g/mol. The van der Waals surface area contributed by atoms with Crippen LogP contribution >= 0.6 is 0 Å². The molecule has 2 heterocycles. The van der Waals surface area contributed by atoms with E-state index in [-0.39, 0.29) is 5.91 Å². The summed E-state index contributed by atoms with van der Waals surface area (Å²) in [7, 11) is 0.